The van der Waals surface area contributed by atoms with Gasteiger partial charge in [0.25, 0.3) is 5.91 Å². The molecule has 0 saturated carbocycles. The minimum absolute atomic E-state index is 0.140. The molecule has 4 rings (SSSR count). The summed E-state index contributed by atoms with van der Waals surface area (Å²) in [6.07, 6.45) is 2.19. The first-order valence-corrected chi connectivity index (χ1v) is 12.3. The van der Waals surface area contributed by atoms with Crippen LogP contribution in [0.3, 0.4) is 0 Å². The molecule has 0 atom stereocenters. The second-order valence-electron chi connectivity index (χ2n) is 8.58. The topological polar surface area (TPSA) is 52.6 Å². The predicted octanol–water partition coefficient (Wildman–Crippen LogP) is 4.05. The van der Waals surface area contributed by atoms with Crippen molar-refractivity contribution in [3.8, 4) is 0 Å². The van der Waals surface area contributed by atoms with Gasteiger partial charge in [-0.25, -0.2) is 9.97 Å². The van der Waals surface area contributed by atoms with E-state index in [1.807, 2.05) is 35.2 Å². The molecular formula is C23H30ClN5OS. The Morgan fingerprint density at radius 1 is 1.06 bits per heavy atom. The highest BCUT2D eigenvalue weighted by Gasteiger charge is 2.21. The van der Waals surface area contributed by atoms with Crippen LogP contribution < -0.4 is 4.90 Å². The van der Waals surface area contributed by atoms with Crippen molar-refractivity contribution in [3.63, 3.8) is 0 Å². The normalized spacial score (nSPS) is 18.4. The fourth-order valence-corrected chi connectivity index (χ4v) is 4.97. The zero-order valence-corrected chi connectivity index (χ0v) is 19.8. The summed E-state index contributed by atoms with van der Waals surface area (Å²) in [6.45, 7) is 7.90. The summed E-state index contributed by atoms with van der Waals surface area (Å²) in [4.78, 5) is 28.4. The van der Waals surface area contributed by atoms with Crippen LogP contribution in [-0.2, 0) is 5.75 Å². The van der Waals surface area contributed by atoms with E-state index in [0.717, 1.165) is 74.8 Å². The number of benzene rings is 1. The quantitative estimate of drug-likeness (QED) is 0.382. The summed E-state index contributed by atoms with van der Waals surface area (Å²) in [5.74, 6) is 2.49. The molecule has 2 fully saturated rings. The molecule has 0 aliphatic carbocycles. The smallest absolute Gasteiger partial charge is 0.253 e. The van der Waals surface area contributed by atoms with Gasteiger partial charge in [-0.15, -0.1) is 0 Å². The Kier molecular flexibility index (Phi) is 7.35. The zero-order valence-electron chi connectivity index (χ0n) is 18.3. The maximum atomic E-state index is 12.7. The number of thioether (sulfide) groups is 1. The highest BCUT2D eigenvalue weighted by Crippen LogP contribution is 2.26. The lowest BCUT2D eigenvalue weighted by atomic mass is 9.98. The molecule has 31 heavy (non-hydrogen) atoms. The number of hydrogen-bond donors (Lipinski definition) is 0. The summed E-state index contributed by atoms with van der Waals surface area (Å²) in [7, 11) is 2.14. The number of hydrogen-bond acceptors (Lipinski definition) is 6. The number of nitrogens with zero attached hydrogens (tertiary/aromatic N) is 5. The Hall–Kier alpha value is -1.83. The SMILES string of the molecule is CC1CCN(C(=O)c2ccc(CSc3nc(Cl)cc(N4CCN(C)CC4)n3)cc2)CC1. The number of piperidine rings is 1. The van der Waals surface area contributed by atoms with E-state index >= 15 is 0 Å². The molecule has 2 aliphatic heterocycles. The molecule has 1 aromatic carbocycles. The van der Waals surface area contributed by atoms with E-state index in [2.05, 4.69) is 28.8 Å². The van der Waals surface area contributed by atoms with Gasteiger partial charge in [0, 0.05) is 56.7 Å². The standard InChI is InChI=1S/C23H30ClN5OS/c1-17-7-9-29(10-8-17)22(30)19-5-3-18(4-6-19)16-31-23-25-20(24)15-21(26-23)28-13-11-27(2)12-14-28/h3-6,15,17H,7-14,16H2,1-2H3. The van der Waals surface area contributed by atoms with E-state index in [-0.39, 0.29) is 5.91 Å². The molecule has 3 heterocycles. The molecule has 0 N–H and O–H groups in total. The number of aromatic nitrogens is 2. The van der Waals surface area contributed by atoms with Crippen LogP contribution in [0.5, 0.6) is 0 Å². The number of carbonyl (C=O) groups is 1. The third-order valence-corrected chi connectivity index (χ3v) is 7.24. The van der Waals surface area contributed by atoms with E-state index in [1.165, 1.54) is 0 Å². The van der Waals surface area contributed by atoms with Crippen molar-refractivity contribution in [1.82, 2.24) is 19.8 Å². The van der Waals surface area contributed by atoms with Crippen LogP contribution in [0, 0.1) is 5.92 Å². The second-order valence-corrected chi connectivity index (χ2v) is 9.91. The molecule has 2 aliphatic rings. The van der Waals surface area contributed by atoms with Gasteiger partial charge in [0.1, 0.15) is 11.0 Å². The maximum absolute atomic E-state index is 12.7. The third kappa shape index (κ3) is 5.90. The molecule has 0 radical (unpaired) electrons. The number of amides is 1. The highest BCUT2D eigenvalue weighted by molar-refractivity contribution is 7.98. The Morgan fingerprint density at radius 3 is 2.42 bits per heavy atom. The lowest BCUT2D eigenvalue weighted by Crippen LogP contribution is -2.44. The van der Waals surface area contributed by atoms with E-state index in [9.17, 15) is 4.79 Å². The number of halogens is 1. The molecule has 1 aromatic heterocycles. The van der Waals surface area contributed by atoms with Crippen LogP contribution in [0.2, 0.25) is 5.15 Å². The van der Waals surface area contributed by atoms with Gasteiger partial charge in [-0.1, -0.05) is 42.4 Å². The number of rotatable bonds is 5. The fraction of sp³-hybridized carbons (Fsp3) is 0.522. The number of likely N-dealkylation sites (N-methyl/N-ethyl adjacent to an activating group) is 1. The van der Waals surface area contributed by atoms with Crippen LogP contribution >= 0.6 is 23.4 Å². The van der Waals surface area contributed by atoms with Gasteiger partial charge >= 0.3 is 0 Å². The van der Waals surface area contributed by atoms with Gasteiger partial charge in [0.05, 0.1) is 0 Å². The van der Waals surface area contributed by atoms with E-state index in [0.29, 0.717) is 16.2 Å². The van der Waals surface area contributed by atoms with Crippen LogP contribution in [0.1, 0.15) is 35.7 Å². The Balaban J connectivity index is 1.35. The minimum Gasteiger partial charge on any atom is -0.354 e. The van der Waals surface area contributed by atoms with Gasteiger partial charge in [-0.05, 0) is 43.5 Å². The van der Waals surface area contributed by atoms with Crippen molar-refractivity contribution in [2.24, 2.45) is 5.92 Å². The van der Waals surface area contributed by atoms with Crippen molar-refractivity contribution >= 4 is 35.1 Å². The summed E-state index contributed by atoms with van der Waals surface area (Å²) >= 11 is 7.84. The van der Waals surface area contributed by atoms with Crippen LogP contribution in [0.15, 0.2) is 35.5 Å². The lowest BCUT2D eigenvalue weighted by molar-refractivity contribution is 0.0697. The average Bonchev–Trinajstić information content (AvgIpc) is 2.78. The van der Waals surface area contributed by atoms with Gasteiger partial charge in [-0.2, -0.15) is 0 Å². The predicted molar refractivity (Wildman–Crippen MR) is 127 cm³/mol. The Bertz CT molecular complexity index is 893. The number of piperazine rings is 1. The molecule has 0 unspecified atom stereocenters. The number of carbonyl (C=O) groups excluding carboxylic acids is 1. The van der Waals surface area contributed by atoms with Crippen molar-refractivity contribution in [3.05, 3.63) is 46.6 Å². The average molecular weight is 460 g/mol. The van der Waals surface area contributed by atoms with Crippen LogP contribution in [0.25, 0.3) is 0 Å². The van der Waals surface area contributed by atoms with Gasteiger partial charge in [0.15, 0.2) is 5.16 Å². The van der Waals surface area contributed by atoms with Crippen LogP contribution in [0.4, 0.5) is 5.82 Å². The molecule has 166 valence electrons. The van der Waals surface area contributed by atoms with Crippen molar-refractivity contribution in [2.75, 3.05) is 51.2 Å². The van der Waals surface area contributed by atoms with Crippen LogP contribution in [-0.4, -0.2) is 72.0 Å². The second kappa shape index (κ2) is 10.2. The molecule has 0 spiro atoms. The monoisotopic (exact) mass is 459 g/mol. The highest BCUT2D eigenvalue weighted by atomic mass is 35.5. The Labute approximate surface area is 194 Å². The fourth-order valence-electron chi connectivity index (χ4n) is 3.93. The lowest BCUT2D eigenvalue weighted by Gasteiger charge is -2.33. The Morgan fingerprint density at radius 2 is 1.74 bits per heavy atom. The molecule has 2 saturated heterocycles. The molecule has 1 amide bonds. The third-order valence-electron chi connectivity index (χ3n) is 6.13. The summed E-state index contributed by atoms with van der Waals surface area (Å²) in [5.41, 5.74) is 1.90. The van der Waals surface area contributed by atoms with Crippen molar-refractivity contribution in [2.45, 2.75) is 30.7 Å². The molecule has 0 bridgehead atoms. The first-order chi connectivity index (χ1) is 15.0. The first kappa shape index (κ1) is 22.4. The first-order valence-electron chi connectivity index (χ1n) is 11.0. The van der Waals surface area contributed by atoms with E-state index in [4.69, 9.17) is 16.6 Å². The minimum atomic E-state index is 0.140. The van der Waals surface area contributed by atoms with Crippen molar-refractivity contribution < 1.29 is 4.79 Å². The summed E-state index contributed by atoms with van der Waals surface area (Å²) in [6, 6.07) is 9.77. The molecule has 2 aromatic rings. The van der Waals surface area contributed by atoms with E-state index < -0.39 is 0 Å². The van der Waals surface area contributed by atoms with Gasteiger partial charge in [-0.3, -0.25) is 4.79 Å². The zero-order chi connectivity index (χ0) is 21.8. The largest absolute Gasteiger partial charge is 0.354 e. The van der Waals surface area contributed by atoms with Crippen molar-refractivity contribution in [1.29, 1.82) is 0 Å². The molecule has 6 nitrogen and oxygen atoms in total. The van der Waals surface area contributed by atoms with Gasteiger partial charge < -0.3 is 14.7 Å². The van der Waals surface area contributed by atoms with E-state index in [1.54, 1.807) is 11.8 Å². The maximum Gasteiger partial charge on any atom is 0.253 e. The summed E-state index contributed by atoms with van der Waals surface area (Å²) < 4.78 is 0. The number of likely N-dealkylation sites (tertiary alicyclic amines) is 1. The van der Waals surface area contributed by atoms with Gasteiger partial charge in [0.2, 0.25) is 0 Å². The molecular weight excluding hydrogens is 430 g/mol. The molecule has 8 heteroatoms. The summed E-state index contributed by atoms with van der Waals surface area (Å²) in [5, 5.41) is 1.16. The number of anilines is 1.